The lowest BCUT2D eigenvalue weighted by Crippen LogP contribution is -2.20. The summed E-state index contributed by atoms with van der Waals surface area (Å²) in [6.45, 7) is 4.03. The third-order valence-electron chi connectivity index (χ3n) is 1.75. The highest BCUT2D eigenvalue weighted by Gasteiger charge is 2.09. The Hall–Kier alpha value is -0.943. The van der Waals surface area contributed by atoms with Crippen LogP contribution in [0.3, 0.4) is 0 Å². The molecule has 0 saturated heterocycles. The van der Waals surface area contributed by atoms with Crippen LogP contribution in [0.4, 0.5) is 0 Å². The lowest BCUT2D eigenvalue weighted by Gasteiger charge is -2.05. The second kappa shape index (κ2) is 5.72. The third kappa shape index (κ3) is 3.43. The maximum absolute atomic E-state index is 9.06. The van der Waals surface area contributed by atoms with E-state index in [1.54, 1.807) is 6.08 Å². The van der Waals surface area contributed by atoms with Crippen LogP contribution in [-0.2, 0) is 15.5 Å². The van der Waals surface area contributed by atoms with Gasteiger partial charge in [-0.15, -0.1) is 0 Å². The molecule has 1 N–H and O–H groups in total. The molecule has 14 heavy (non-hydrogen) atoms. The molecule has 0 spiro atoms. The smallest absolute Gasteiger partial charge is 0.387 e. The number of hydrogen-bond acceptors (Lipinski definition) is 3. The van der Waals surface area contributed by atoms with Crippen molar-refractivity contribution in [2.24, 2.45) is 0 Å². The Morgan fingerprint density at radius 2 is 2.07 bits per heavy atom. The molecule has 1 aromatic rings. The fraction of sp³-hybridized carbons (Fsp3) is 0.200. The molecule has 0 saturated carbocycles. The molecule has 0 aliphatic rings. The summed E-state index contributed by atoms with van der Waals surface area (Å²) in [5.74, 6) is 0. The highest BCUT2D eigenvalue weighted by atomic mass is 28.3. The van der Waals surface area contributed by atoms with Gasteiger partial charge < -0.3 is 13.6 Å². The summed E-state index contributed by atoms with van der Waals surface area (Å²) in [7, 11) is -0.636. The fourth-order valence-electron chi connectivity index (χ4n) is 0.954. The van der Waals surface area contributed by atoms with Gasteiger partial charge in [-0.05, 0) is 11.1 Å². The summed E-state index contributed by atoms with van der Waals surface area (Å²) in [5, 5.41) is 0. The summed E-state index contributed by atoms with van der Waals surface area (Å²) in [6, 6.07) is 7.76. The first-order chi connectivity index (χ1) is 6.76. The summed E-state index contributed by atoms with van der Waals surface area (Å²) >= 11 is 0. The average molecular weight is 209 g/mol. The van der Waals surface area contributed by atoms with Crippen LogP contribution >= 0.6 is 0 Å². The van der Waals surface area contributed by atoms with Crippen LogP contribution in [-0.4, -0.2) is 21.4 Å². The van der Waals surface area contributed by atoms with Gasteiger partial charge in [0.05, 0.1) is 6.61 Å². The normalized spacial score (nSPS) is 10.5. The van der Waals surface area contributed by atoms with E-state index in [2.05, 4.69) is 11.0 Å². The number of rotatable bonds is 5. The van der Waals surface area contributed by atoms with Crippen molar-refractivity contribution in [3.63, 3.8) is 0 Å². The Morgan fingerprint density at radius 1 is 1.43 bits per heavy atom. The van der Waals surface area contributed by atoms with Crippen LogP contribution in [0.2, 0.25) is 0 Å². The van der Waals surface area contributed by atoms with Crippen LogP contribution in [0.1, 0.15) is 11.1 Å². The van der Waals surface area contributed by atoms with Crippen molar-refractivity contribution in [3.05, 3.63) is 42.0 Å². The van der Waals surface area contributed by atoms with E-state index in [9.17, 15) is 0 Å². The standard InChI is InChI=1S/C10H13O3Si/c1-3-9-4-6-10(7-5-9)8-13-14(11)12-2/h3-7,11H,1,8H2,2H3. The largest absolute Gasteiger partial charge is 0.574 e. The average Bonchev–Trinajstić information content (AvgIpc) is 2.26. The predicted octanol–water partition coefficient (Wildman–Crippen LogP) is 1.47. The Morgan fingerprint density at radius 3 is 2.57 bits per heavy atom. The molecule has 0 aromatic heterocycles. The zero-order valence-electron chi connectivity index (χ0n) is 8.06. The predicted molar refractivity (Wildman–Crippen MR) is 56.3 cm³/mol. The van der Waals surface area contributed by atoms with Crippen LogP contribution in [0.15, 0.2) is 30.8 Å². The van der Waals surface area contributed by atoms with Crippen molar-refractivity contribution in [3.8, 4) is 0 Å². The summed E-state index contributed by atoms with van der Waals surface area (Å²) < 4.78 is 9.70. The summed E-state index contributed by atoms with van der Waals surface area (Å²) in [4.78, 5) is 9.06. The van der Waals surface area contributed by atoms with E-state index in [0.29, 0.717) is 6.61 Å². The van der Waals surface area contributed by atoms with Gasteiger partial charge in [-0.3, -0.25) is 0 Å². The van der Waals surface area contributed by atoms with E-state index in [4.69, 9.17) is 9.22 Å². The lowest BCUT2D eigenvalue weighted by molar-refractivity contribution is 0.151. The first-order valence-electron chi connectivity index (χ1n) is 4.20. The first kappa shape index (κ1) is 11.1. The van der Waals surface area contributed by atoms with E-state index in [1.165, 1.54) is 7.11 Å². The minimum absolute atomic E-state index is 0.371. The molecule has 0 aliphatic heterocycles. The van der Waals surface area contributed by atoms with Crippen LogP contribution in [0, 0.1) is 0 Å². The summed E-state index contributed by atoms with van der Waals surface area (Å²) in [6.07, 6.45) is 1.78. The molecule has 0 amide bonds. The van der Waals surface area contributed by atoms with Crippen LogP contribution in [0.5, 0.6) is 0 Å². The van der Waals surface area contributed by atoms with Gasteiger partial charge in [0.15, 0.2) is 0 Å². The molecule has 0 aliphatic carbocycles. The van der Waals surface area contributed by atoms with Gasteiger partial charge in [-0.1, -0.05) is 36.9 Å². The fourth-order valence-corrected chi connectivity index (χ4v) is 1.36. The SMILES string of the molecule is C=Cc1ccc(CO[Si](O)OC)cc1. The van der Waals surface area contributed by atoms with E-state index in [-0.39, 0.29) is 0 Å². The monoisotopic (exact) mass is 209 g/mol. The molecule has 1 rings (SSSR count). The molecule has 0 atom stereocenters. The Kier molecular flexibility index (Phi) is 4.55. The molecule has 4 heteroatoms. The number of hydrogen-bond donors (Lipinski definition) is 1. The Labute approximate surface area is 85.6 Å². The molecule has 0 bridgehead atoms. The summed E-state index contributed by atoms with van der Waals surface area (Å²) in [5.41, 5.74) is 2.07. The van der Waals surface area contributed by atoms with Gasteiger partial charge in [-0.2, -0.15) is 0 Å². The zero-order chi connectivity index (χ0) is 10.4. The molecule has 1 aromatic carbocycles. The second-order valence-corrected chi connectivity index (χ2v) is 3.93. The topological polar surface area (TPSA) is 38.7 Å². The molecule has 1 radical (unpaired) electrons. The van der Waals surface area contributed by atoms with Gasteiger partial charge in [0.25, 0.3) is 0 Å². The highest BCUT2D eigenvalue weighted by molar-refractivity contribution is 6.34. The van der Waals surface area contributed by atoms with E-state index < -0.39 is 9.53 Å². The van der Waals surface area contributed by atoms with E-state index >= 15 is 0 Å². The maximum Gasteiger partial charge on any atom is 0.574 e. The molecule has 75 valence electrons. The van der Waals surface area contributed by atoms with Gasteiger partial charge in [0, 0.05) is 7.11 Å². The molecule has 0 heterocycles. The van der Waals surface area contributed by atoms with Gasteiger partial charge >= 0.3 is 9.53 Å². The lowest BCUT2D eigenvalue weighted by atomic mass is 10.1. The minimum Gasteiger partial charge on any atom is -0.387 e. The second-order valence-electron chi connectivity index (χ2n) is 2.70. The quantitative estimate of drug-likeness (QED) is 0.746. The highest BCUT2D eigenvalue weighted by Crippen LogP contribution is 2.06. The van der Waals surface area contributed by atoms with Crippen molar-refractivity contribution in [1.82, 2.24) is 0 Å². The molecular weight excluding hydrogens is 196 g/mol. The van der Waals surface area contributed by atoms with Crippen LogP contribution < -0.4 is 0 Å². The Bertz CT molecular complexity index is 284. The molecular formula is C10H13O3Si. The third-order valence-corrected chi connectivity index (χ3v) is 2.49. The minimum atomic E-state index is -2.06. The maximum atomic E-state index is 9.06. The van der Waals surface area contributed by atoms with Crippen molar-refractivity contribution in [2.45, 2.75) is 6.61 Å². The molecule has 0 unspecified atom stereocenters. The van der Waals surface area contributed by atoms with E-state index in [0.717, 1.165) is 11.1 Å². The van der Waals surface area contributed by atoms with Crippen molar-refractivity contribution < 1.29 is 13.6 Å². The van der Waals surface area contributed by atoms with Gasteiger partial charge in [0.2, 0.25) is 0 Å². The molecule has 3 nitrogen and oxygen atoms in total. The first-order valence-corrected chi connectivity index (χ1v) is 5.46. The Balaban J connectivity index is 2.47. The number of benzene rings is 1. The van der Waals surface area contributed by atoms with Crippen molar-refractivity contribution in [1.29, 1.82) is 0 Å². The van der Waals surface area contributed by atoms with Crippen molar-refractivity contribution >= 4 is 15.6 Å². The zero-order valence-corrected chi connectivity index (χ0v) is 9.06. The van der Waals surface area contributed by atoms with E-state index in [1.807, 2.05) is 24.3 Å². The molecule has 0 fully saturated rings. The van der Waals surface area contributed by atoms with Crippen molar-refractivity contribution in [2.75, 3.05) is 7.11 Å². The van der Waals surface area contributed by atoms with Gasteiger partial charge in [0.1, 0.15) is 0 Å². The van der Waals surface area contributed by atoms with Gasteiger partial charge in [-0.25, -0.2) is 0 Å². The van der Waals surface area contributed by atoms with Crippen LogP contribution in [0.25, 0.3) is 6.08 Å².